The summed E-state index contributed by atoms with van der Waals surface area (Å²) in [6.07, 6.45) is -5.09. The molecule has 2 amide bonds. The number of carbonyl (C=O) groups is 4. The second kappa shape index (κ2) is 11.4. The normalized spacial score (nSPS) is 10.3. The molecule has 1 rings (SSSR count). The minimum Gasteiger partial charge on any atom is -0.481 e. The van der Waals surface area contributed by atoms with Gasteiger partial charge in [-0.3, -0.25) is 14.4 Å². The molecule has 0 saturated heterocycles. The maximum Gasteiger partial charge on any atom is 0.490 e. The lowest BCUT2D eigenvalue weighted by molar-refractivity contribution is -0.192. The highest BCUT2D eigenvalue weighted by molar-refractivity contribution is 6.01. The lowest BCUT2D eigenvalue weighted by Crippen LogP contribution is -2.27. The van der Waals surface area contributed by atoms with Gasteiger partial charge in [0.1, 0.15) is 0 Å². The van der Waals surface area contributed by atoms with Gasteiger partial charge in [-0.05, 0) is 18.2 Å². The van der Waals surface area contributed by atoms with Crippen LogP contribution in [0, 0.1) is 0 Å². The third-order valence-corrected chi connectivity index (χ3v) is 2.82. The number of halogens is 3. The van der Waals surface area contributed by atoms with E-state index < -0.39 is 24.0 Å². The van der Waals surface area contributed by atoms with Crippen LogP contribution in [0.4, 0.5) is 24.5 Å². The average molecular weight is 408 g/mol. The van der Waals surface area contributed by atoms with Crippen LogP contribution < -0.4 is 22.1 Å². The number of carboxylic acids is 2. The van der Waals surface area contributed by atoms with Crippen molar-refractivity contribution in [2.24, 2.45) is 5.73 Å². The van der Waals surface area contributed by atoms with Crippen LogP contribution in [0.15, 0.2) is 18.2 Å². The Labute approximate surface area is 156 Å². The molecular formula is C15H19F3N4O6. The van der Waals surface area contributed by atoms with Gasteiger partial charge in [0.05, 0.1) is 12.0 Å². The van der Waals surface area contributed by atoms with Crippen molar-refractivity contribution in [2.75, 3.05) is 24.1 Å². The summed E-state index contributed by atoms with van der Waals surface area (Å²) >= 11 is 0. The SMILES string of the molecule is NCCC(=O)Nc1ccc(N)c(C(=O)NCCC(=O)O)c1.O=C(O)C(F)(F)F. The fourth-order valence-corrected chi connectivity index (χ4v) is 1.56. The van der Waals surface area contributed by atoms with Crippen molar-refractivity contribution in [3.63, 3.8) is 0 Å². The van der Waals surface area contributed by atoms with Crippen LogP contribution in [-0.4, -0.2) is 53.2 Å². The smallest absolute Gasteiger partial charge is 0.481 e. The van der Waals surface area contributed by atoms with Gasteiger partial charge in [0, 0.05) is 30.9 Å². The van der Waals surface area contributed by atoms with Crippen LogP contribution in [0.25, 0.3) is 0 Å². The molecule has 0 heterocycles. The molecule has 156 valence electrons. The van der Waals surface area contributed by atoms with Crippen molar-refractivity contribution in [3.8, 4) is 0 Å². The van der Waals surface area contributed by atoms with E-state index in [1.807, 2.05) is 0 Å². The molecule has 0 aromatic heterocycles. The largest absolute Gasteiger partial charge is 0.490 e. The Morgan fingerprint density at radius 1 is 1.07 bits per heavy atom. The minimum absolute atomic E-state index is 0.00261. The Kier molecular flexibility index (Phi) is 10.0. The molecule has 0 bridgehead atoms. The summed E-state index contributed by atoms with van der Waals surface area (Å²) in [4.78, 5) is 42.6. The van der Waals surface area contributed by atoms with E-state index in [1.165, 1.54) is 12.1 Å². The Balaban J connectivity index is 0.000000887. The van der Waals surface area contributed by atoms with E-state index in [2.05, 4.69) is 10.6 Å². The molecular weight excluding hydrogens is 389 g/mol. The van der Waals surface area contributed by atoms with Crippen molar-refractivity contribution in [2.45, 2.75) is 19.0 Å². The first-order valence-electron chi connectivity index (χ1n) is 7.58. The number of hydrogen-bond donors (Lipinski definition) is 6. The molecule has 8 N–H and O–H groups in total. The first kappa shape index (κ1) is 24.7. The number of anilines is 2. The number of benzene rings is 1. The van der Waals surface area contributed by atoms with Gasteiger partial charge in [-0.1, -0.05) is 0 Å². The minimum atomic E-state index is -5.08. The summed E-state index contributed by atoms with van der Waals surface area (Å²) in [6.45, 7) is 0.223. The number of alkyl halides is 3. The summed E-state index contributed by atoms with van der Waals surface area (Å²) < 4.78 is 31.7. The zero-order chi connectivity index (χ0) is 21.9. The number of nitrogen functional groups attached to an aromatic ring is 1. The molecule has 0 atom stereocenters. The summed E-state index contributed by atoms with van der Waals surface area (Å²) in [5, 5.41) is 20.7. The maximum absolute atomic E-state index is 11.9. The van der Waals surface area contributed by atoms with E-state index in [4.69, 9.17) is 26.5 Å². The number of carbonyl (C=O) groups excluding carboxylic acids is 2. The van der Waals surface area contributed by atoms with Crippen LogP contribution in [0.2, 0.25) is 0 Å². The van der Waals surface area contributed by atoms with E-state index in [0.29, 0.717) is 5.69 Å². The monoisotopic (exact) mass is 408 g/mol. The molecule has 28 heavy (non-hydrogen) atoms. The summed E-state index contributed by atoms with van der Waals surface area (Å²) in [6, 6.07) is 4.49. The lowest BCUT2D eigenvalue weighted by atomic mass is 10.1. The zero-order valence-electron chi connectivity index (χ0n) is 14.4. The van der Waals surface area contributed by atoms with E-state index in [1.54, 1.807) is 6.07 Å². The molecule has 1 aromatic carbocycles. The number of amides is 2. The standard InChI is InChI=1S/C13H18N4O4.C2HF3O2/c14-5-3-11(18)17-8-1-2-10(15)9(7-8)13(21)16-6-4-12(19)20;3-2(4,5)1(6)7/h1-2,7H,3-6,14-15H2,(H,16,21)(H,17,18)(H,19,20);(H,6,7). The van der Waals surface area contributed by atoms with Crippen molar-refractivity contribution in [1.82, 2.24) is 5.32 Å². The quantitative estimate of drug-likeness (QED) is 0.350. The Hall–Kier alpha value is -3.35. The molecule has 0 spiro atoms. The van der Waals surface area contributed by atoms with Crippen molar-refractivity contribution in [1.29, 1.82) is 0 Å². The summed E-state index contributed by atoms with van der Waals surface area (Å²) in [5.41, 5.74) is 11.8. The number of carboxylic acid groups (broad SMARTS) is 2. The molecule has 0 aliphatic rings. The highest BCUT2D eigenvalue weighted by Crippen LogP contribution is 2.18. The average Bonchev–Trinajstić information content (AvgIpc) is 2.56. The van der Waals surface area contributed by atoms with Gasteiger partial charge in [0.25, 0.3) is 5.91 Å². The molecule has 13 heteroatoms. The molecule has 0 saturated carbocycles. The van der Waals surface area contributed by atoms with Crippen LogP contribution in [0.5, 0.6) is 0 Å². The van der Waals surface area contributed by atoms with E-state index in [0.717, 1.165) is 0 Å². The number of nitrogens with two attached hydrogens (primary N) is 2. The van der Waals surface area contributed by atoms with E-state index >= 15 is 0 Å². The number of aliphatic carboxylic acids is 2. The van der Waals surface area contributed by atoms with Crippen molar-refractivity contribution >= 4 is 35.1 Å². The Bertz CT molecular complexity index is 724. The highest BCUT2D eigenvalue weighted by atomic mass is 19.4. The number of nitrogens with one attached hydrogen (secondary N) is 2. The molecule has 0 radical (unpaired) electrons. The topological polar surface area (TPSA) is 185 Å². The molecule has 0 fully saturated rings. The van der Waals surface area contributed by atoms with Gasteiger partial charge in [0.15, 0.2) is 0 Å². The number of hydrogen-bond acceptors (Lipinski definition) is 6. The summed E-state index contributed by atoms with van der Waals surface area (Å²) in [5.74, 6) is -4.53. The molecule has 1 aromatic rings. The van der Waals surface area contributed by atoms with Crippen molar-refractivity contribution in [3.05, 3.63) is 23.8 Å². The number of rotatable bonds is 7. The van der Waals surface area contributed by atoms with Gasteiger partial charge in [0.2, 0.25) is 5.91 Å². The zero-order valence-corrected chi connectivity index (χ0v) is 14.4. The van der Waals surface area contributed by atoms with Crippen molar-refractivity contribution < 1.29 is 42.6 Å². The third-order valence-electron chi connectivity index (χ3n) is 2.82. The van der Waals surface area contributed by atoms with Gasteiger partial charge >= 0.3 is 18.1 Å². The molecule has 10 nitrogen and oxygen atoms in total. The Morgan fingerprint density at radius 3 is 2.11 bits per heavy atom. The van der Waals surface area contributed by atoms with Crippen LogP contribution in [0.1, 0.15) is 23.2 Å². The molecule has 0 aliphatic carbocycles. The first-order valence-corrected chi connectivity index (χ1v) is 7.58. The van der Waals surface area contributed by atoms with Gasteiger partial charge in [-0.15, -0.1) is 0 Å². The maximum atomic E-state index is 11.9. The van der Waals surface area contributed by atoms with Gasteiger partial charge in [-0.25, -0.2) is 4.79 Å². The van der Waals surface area contributed by atoms with Gasteiger partial charge in [-0.2, -0.15) is 13.2 Å². The fourth-order valence-electron chi connectivity index (χ4n) is 1.56. The van der Waals surface area contributed by atoms with Crippen LogP contribution in [0.3, 0.4) is 0 Å². The molecule has 0 unspecified atom stereocenters. The summed E-state index contributed by atoms with van der Waals surface area (Å²) in [7, 11) is 0. The van der Waals surface area contributed by atoms with E-state index in [9.17, 15) is 27.6 Å². The lowest BCUT2D eigenvalue weighted by Gasteiger charge is -2.10. The Morgan fingerprint density at radius 2 is 1.64 bits per heavy atom. The van der Waals surface area contributed by atoms with E-state index in [-0.39, 0.29) is 43.1 Å². The first-order chi connectivity index (χ1) is 12.9. The van der Waals surface area contributed by atoms with Crippen LogP contribution in [-0.2, 0) is 14.4 Å². The predicted molar refractivity (Wildman–Crippen MR) is 91.4 cm³/mol. The second-order valence-electron chi connectivity index (χ2n) is 5.09. The predicted octanol–water partition coefficient (Wildman–Crippen LogP) is 0.394. The fraction of sp³-hybridized carbons (Fsp3) is 0.333. The van der Waals surface area contributed by atoms with Gasteiger partial charge < -0.3 is 32.3 Å². The highest BCUT2D eigenvalue weighted by Gasteiger charge is 2.38. The molecule has 0 aliphatic heterocycles. The second-order valence-corrected chi connectivity index (χ2v) is 5.09. The third kappa shape index (κ3) is 9.96. The van der Waals surface area contributed by atoms with Crippen LogP contribution >= 0.6 is 0 Å².